The van der Waals surface area contributed by atoms with Gasteiger partial charge in [-0.3, -0.25) is 0 Å². The summed E-state index contributed by atoms with van der Waals surface area (Å²) < 4.78 is 0. The van der Waals surface area contributed by atoms with E-state index in [-0.39, 0.29) is 12.2 Å². The van der Waals surface area contributed by atoms with E-state index in [1.807, 2.05) is 0 Å². The number of rotatable bonds is 31. The van der Waals surface area contributed by atoms with Gasteiger partial charge in [-0.15, -0.1) is 0 Å². The van der Waals surface area contributed by atoms with E-state index in [0.29, 0.717) is 6.42 Å². The lowest BCUT2D eigenvalue weighted by Gasteiger charge is -2.15. The first-order valence-corrected chi connectivity index (χ1v) is 17.1. The van der Waals surface area contributed by atoms with Gasteiger partial charge < -0.3 is 10.2 Å². The maximum Gasteiger partial charge on any atom is 0.0564 e. The van der Waals surface area contributed by atoms with Crippen LogP contribution in [0.15, 0.2) is 0 Å². The van der Waals surface area contributed by atoms with E-state index in [1.54, 1.807) is 0 Å². The van der Waals surface area contributed by atoms with Crippen LogP contribution in [0.2, 0.25) is 0 Å². The Kier molecular flexibility index (Phi) is 31.1. The first-order valence-electron chi connectivity index (χ1n) is 17.1. The number of unbranched alkanes of at least 4 members (excludes halogenated alkanes) is 25. The van der Waals surface area contributed by atoms with Crippen LogP contribution in [0.25, 0.3) is 0 Å². The maximum atomic E-state index is 10.1. The molecule has 0 saturated heterocycles. The Balaban J connectivity index is 3.16. The smallest absolute Gasteiger partial charge is 0.0564 e. The van der Waals surface area contributed by atoms with Crippen molar-refractivity contribution in [1.82, 2.24) is 0 Å². The van der Waals surface area contributed by atoms with Gasteiger partial charge >= 0.3 is 0 Å². The molecule has 0 saturated carbocycles. The van der Waals surface area contributed by atoms with E-state index in [2.05, 4.69) is 13.8 Å². The summed E-state index contributed by atoms with van der Waals surface area (Å²) >= 11 is 0. The van der Waals surface area contributed by atoms with Crippen molar-refractivity contribution in [2.24, 2.45) is 0 Å². The molecule has 218 valence electrons. The van der Waals surface area contributed by atoms with Gasteiger partial charge in [0.25, 0.3) is 0 Å². The van der Waals surface area contributed by atoms with Crippen molar-refractivity contribution in [2.75, 3.05) is 0 Å². The normalized spacial score (nSPS) is 13.3. The molecule has 36 heavy (non-hydrogen) atoms. The molecule has 2 atom stereocenters. The lowest BCUT2D eigenvalue weighted by Crippen LogP contribution is -2.17. The molecule has 0 radical (unpaired) electrons. The monoisotopic (exact) mass is 511 g/mol. The molecular formula is C34H70O2. The predicted molar refractivity (Wildman–Crippen MR) is 162 cm³/mol. The SMILES string of the molecule is CCCCCCCCCCCCCCCCCCCCCCCCCC(O)CC(O)CCCCCC. The molecule has 2 N–H and O–H groups in total. The van der Waals surface area contributed by atoms with Crippen LogP contribution >= 0.6 is 0 Å². The average molecular weight is 511 g/mol. The molecule has 0 aromatic carbocycles. The van der Waals surface area contributed by atoms with Crippen LogP contribution in [0.3, 0.4) is 0 Å². The Labute approximate surface area is 228 Å². The molecule has 0 fully saturated rings. The Hall–Kier alpha value is -0.0800. The first kappa shape index (κ1) is 35.9. The summed E-state index contributed by atoms with van der Waals surface area (Å²) in [7, 11) is 0. The Morgan fingerprint density at radius 3 is 0.750 bits per heavy atom. The summed E-state index contributed by atoms with van der Waals surface area (Å²) in [4.78, 5) is 0. The van der Waals surface area contributed by atoms with E-state index in [0.717, 1.165) is 25.7 Å². The highest BCUT2D eigenvalue weighted by Gasteiger charge is 2.11. The van der Waals surface area contributed by atoms with Gasteiger partial charge in [-0.1, -0.05) is 187 Å². The highest BCUT2D eigenvalue weighted by Crippen LogP contribution is 2.17. The van der Waals surface area contributed by atoms with Crippen LogP contribution < -0.4 is 0 Å². The quantitative estimate of drug-likeness (QED) is 0.0910. The second-order valence-electron chi connectivity index (χ2n) is 12.0. The molecule has 0 rings (SSSR count). The van der Waals surface area contributed by atoms with Crippen molar-refractivity contribution in [3.63, 3.8) is 0 Å². The molecule has 2 heteroatoms. The van der Waals surface area contributed by atoms with Crippen molar-refractivity contribution in [3.05, 3.63) is 0 Å². The summed E-state index contributed by atoms with van der Waals surface area (Å²) in [5.74, 6) is 0. The average Bonchev–Trinajstić information content (AvgIpc) is 2.87. The zero-order valence-corrected chi connectivity index (χ0v) is 25.3. The van der Waals surface area contributed by atoms with Crippen LogP contribution in [-0.4, -0.2) is 22.4 Å². The molecule has 0 aromatic rings. The molecule has 0 spiro atoms. The van der Waals surface area contributed by atoms with E-state index in [9.17, 15) is 10.2 Å². The van der Waals surface area contributed by atoms with Gasteiger partial charge in [0.1, 0.15) is 0 Å². The van der Waals surface area contributed by atoms with E-state index in [4.69, 9.17) is 0 Å². The minimum absolute atomic E-state index is 0.304. The van der Waals surface area contributed by atoms with E-state index < -0.39 is 0 Å². The van der Waals surface area contributed by atoms with Crippen LogP contribution in [0, 0.1) is 0 Å². The fraction of sp³-hybridized carbons (Fsp3) is 1.00. The Morgan fingerprint density at radius 1 is 0.306 bits per heavy atom. The zero-order chi connectivity index (χ0) is 26.4. The summed E-state index contributed by atoms with van der Waals surface area (Å²) in [6.45, 7) is 4.51. The fourth-order valence-electron chi connectivity index (χ4n) is 5.52. The second kappa shape index (κ2) is 31.1. The zero-order valence-electron chi connectivity index (χ0n) is 25.3. The lowest BCUT2D eigenvalue weighted by molar-refractivity contribution is 0.0680. The summed E-state index contributed by atoms with van der Waals surface area (Å²) in [5.41, 5.74) is 0. The van der Waals surface area contributed by atoms with Crippen molar-refractivity contribution in [1.29, 1.82) is 0 Å². The number of hydrogen-bond donors (Lipinski definition) is 2. The van der Waals surface area contributed by atoms with E-state index >= 15 is 0 Å². The van der Waals surface area contributed by atoms with Gasteiger partial charge in [0.05, 0.1) is 12.2 Å². The molecular weight excluding hydrogens is 440 g/mol. The second-order valence-corrected chi connectivity index (χ2v) is 12.0. The Morgan fingerprint density at radius 2 is 0.500 bits per heavy atom. The molecule has 0 aromatic heterocycles. The standard InChI is InChI=1S/C34H70O2/c1-3-5-7-9-10-11-12-13-14-15-16-17-18-19-20-21-22-23-24-25-26-27-29-31-34(36)32-33(35)30-28-8-6-4-2/h33-36H,3-32H2,1-2H3. The van der Waals surface area contributed by atoms with Crippen molar-refractivity contribution in [2.45, 2.75) is 219 Å². The molecule has 0 aliphatic heterocycles. The fourth-order valence-corrected chi connectivity index (χ4v) is 5.52. The number of hydrogen-bond acceptors (Lipinski definition) is 2. The lowest BCUT2D eigenvalue weighted by atomic mass is 10.00. The molecule has 0 bridgehead atoms. The van der Waals surface area contributed by atoms with Gasteiger partial charge in [-0.25, -0.2) is 0 Å². The van der Waals surface area contributed by atoms with E-state index in [1.165, 1.54) is 161 Å². The van der Waals surface area contributed by atoms with Gasteiger partial charge in [-0.2, -0.15) is 0 Å². The number of aliphatic hydroxyl groups excluding tert-OH is 2. The third-order valence-electron chi connectivity index (χ3n) is 8.08. The minimum atomic E-state index is -0.305. The van der Waals surface area contributed by atoms with Gasteiger partial charge in [0, 0.05) is 0 Å². The molecule has 2 unspecified atom stereocenters. The molecule has 2 nitrogen and oxygen atoms in total. The van der Waals surface area contributed by atoms with Crippen molar-refractivity contribution in [3.8, 4) is 0 Å². The van der Waals surface area contributed by atoms with Crippen LogP contribution in [0.5, 0.6) is 0 Å². The van der Waals surface area contributed by atoms with Gasteiger partial charge in [-0.05, 0) is 19.3 Å². The van der Waals surface area contributed by atoms with Crippen LogP contribution in [0.1, 0.15) is 206 Å². The van der Waals surface area contributed by atoms with Gasteiger partial charge in [0.15, 0.2) is 0 Å². The molecule has 0 heterocycles. The minimum Gasteiger partial charge on any atom is -0.393 e. The summed E-state index contributed by atoms with van der Waals surface area (Å²) in [5, 5.41) is 20.2. The number of aliphatic hydroxyl groups is 2. The van der Waals surface area contributed by atoms with Crippen molar-refractivity contribution >= 4 is 0 Å². The molecule has 0 amide bonds. The highest BCUT2D eigenvalue weighted by molar-refractivity contribution is 4.64. The Bertz CT molecular complexity index is 383. The van der Waals surface area contributed by atoms with Crippen molar-refractivity contribution < 1.29 is 10.2 Å². The first-order chi connectivity index (χ1) is 17.7. The van der Waals surface area contributed by atoms with Gasteiger partial charge in [0.2, 0.25) is 0 Å². The predicted octanol–water partition coefficient (Wildman–Crippen LogP) is 11.5. The summed E-state index contributed by atoms with van der Waals surface area (Å²) in [6, 6.07) is 0. The van der Waals surface area contributed by atoms with Crippen LogP contribution in [0.4, 0.5) is 0 Å². The molecule has 0 aliphatic carbocycles. The highest BCUT2D eigenvalue weighted by atomic mass is 16.3. The maximum absolute atomic E-state index is 10.1. The largest absolute Gasteiger partial charge is 0.393 e. The molecule has 0 aliphatic rings. The third kappa shape index (κ3) is 30.1. The summed E-state index contributed by atoms with van der Waals surface area (Å²) in [6.07, 6.45) is 39.0. The third-order valence-corrected chi connectivity index (χ3v) is 8.08. The topological polar surface area (TPSA) is 40.5 Å². The van der Waals surface area contributed by atoms with Crippen LogP contribution in [-0.2, 0) is 0 Å².